The first-order valence-electron chi connectivity index (χ1n) is 4.31. The Balaban J connectivity index is 2.16. The molecule has 0 aromatic carbocycles. The van der Waals surface area contributed by atoms with Crippen molar-refractivity contribution in [1.29, 1.82) is 0 Å². The van der Waals surface area contributed by atoms with Crippen LogP contribution in [0.1, 0.15) is 11.5 Å². The van der Waals surface area contributed by atoms with Crippen molar-refractivity contribution in [2.24, 2.45) is 0 Å². The van der Waals surface area contributed by atoms with Gasteiger partial charge in [0.25, 0.3) is 0 Å². The molecule has 0 fully saturated rings. The minimum atomic E-state index is 0.693. The number of rotatable bonds is 2. The molecule has 2 heterocycles. The molecular weight excluding hydrogens is 174 g/mol. The summed E-state index contributed by atoms with van der Waals surface area (Å²) in [6.45, 7) is 0. The molecule has 2 aromatic rings. The molecule has 0 aliphatic heterocycles. The topological polar surface area (TPSA) is 38.7 Å². The minimum absolute atomic E-state index is 0.693. The quantitative estimate of drug-likeness (QED) is 0.715. The van der Waals surface area contributed by atoms with Crippen LogP contribution < -0.4 is 0 Å². The van der Waals surface area contributed by atoms with Gasteiger partial charge >= 0.3 is 0 Å². The maximum atomic E-state index is 4.15. The molecule has 0 aliphatic carbocycles. The second-order valence-corrected chi connectivity index (χ2v) is 2.69. The molecular formula is C11H9N3. The number of pyridine rings is 1. The average molecular weight is 183 g/mol. The summed E-state index contributed by atoms with van der Waals surface area (Å²) in [5.74, 6) is 0.693. The number of nitrogens with zero attached hydrogens (tertiary/aromatic N) is 3. The molecule has 0 aliphatic rings. The fraction of sp³-hybridized carbons (Fsp3) is 0. The highest BCUT2D eigenvalue weighted by atomic mass is 14.8. The van der Waals surface area contributed by atoms with Crippen LogP contribution in [0.15, 0.2) is 42.9 Å². The molecule has 0 radical (unpaired) electrons. The van der Waals surface area contributed by atoms with E-state index in [1.54, 1.807) is 24.7 Å². The van der Waals surface area contributed by atoms with E-state index in [2.05, 4.69) is 15.0 Å². The number of hydrogen-bond acceptors (Lipinski definition) is 3. The Morgan fingerprint density at radius 2 is 1.57 bits per heavy atom. The monoisotopic (exact) mass is 183 g/mol. The zero-order valence-electron chi connectivity index (χ0n) is 7.54. The zero-order valence-corrected chi connectivity index (χ0v) is 7.54. The standard InChI is InChI=1S/C11H9N3/c1-2-7-12-10(4-1)5-6-11-13-8-3-9-14-11/h1-9H/b6-5+. The summed E-state index contributed by atoms with van der Waals surface area (Å²) in [6.07, 6.45) is 8.90. The highest BCUT2D eigenvalue weighted by molar-refractivity contribution is 5.64. The van der Waals surface area contributed by atoms with Crippen LogP contribution >= 0.6 is 0 Å². The summed E-state index contributed by atoms with van der Waals surface area (Å²) < 4.78 is 0. The van der Waals surface area contributed by atoms with E-state index in [9.17, 15) is 0 Å². The van der Waals surface area contributed by atoms with Crippen molar-refractivity contribution >= 4 is 12.2 Å². The smallest absolute Gasteiger partial charge is 0.151 e. The molecule has 0 unspecified atom stereocenters. The molecule has 14 heavy (non-hydrogen) atoms. The van der Waals surface area contributed by atoms with E-state index >= 15 is 0 Å². The van der Waals surface area contributed by atoms with E-state index in [1.807, 2.05) is 30.4 Å². The Kier molecular flexibility index (Phi) is 2.62. The van der Waals surface area contributed by atoms with E-state index in [-0.39, 0.29) is 0 Å². The Morgan fingerprint density at radius 1 is 0.786 bits per heavy atom. The van der Waals surface area contributed by atoms with Gasteiger partial charge in [-0.05, 0) is 30.4 Å². The van der Waals surface area contributed by atoms with Crippen LogP contribution in [0, 0.1) is 0 Å². The van der Waals surface area contributed by atoms with Gasteiger partial charge in [-0.3, -0.25) is 4.98 Å². The molecule has 2 aromatic heterocycles. The molecule has 3 nitrogen and oxygen atoms in total. The SMILES string of the molecule is C(=C\c1ncccn1)/c1ccccn1. The summed E-state index contributed by atoms with van der Waals surface area (Å²) in [7, 11) is 0. The van der Waals surface area contributed by atoms with Gasteiger partial charge in [-0.15, -0.1) is 0 Å². The van der Waals surface area contributed by atoms with Gasteiger partial charge in [-0.1, -0.05) is 6.07 Å². The lowest BCUT2D eigenvalue weighted by atomic mass is 10.3. The van der Waals surface area contributed by atoms with E-state index < -0.39 is 0 Å². The average Bonchev–Trinajstić information content (AvgIpc) is 2.29. The van der Waals surface area contributed by atoms with Crippen molar-refractivity contribution in [2.45, 2.75) is 0 Å². The third-order valence-electron chi connectivity index (χ3n) is 1.68. The third-order valence-corrected chi connectivity index (χ3v) is 1.68. The summed E-state index contributed by atoms with van der Waals surface area (Å²) in [5, 5.41) is 0. The molecule has 0 spiro atoms. The molecule has 0 N–H and O–H groups in total. The maximum absolute atomic E-state index is 4.15. The normalized spacial score (nSPS) is 10.6. The molecule has 0 saturated carbocycles. The Morgan fingerprint density at radius 3 is 2.29 bits per heavy atom. The molecule has 0 bridgehead atoms. The lowest BCUT2D eigenvalue weighted by Crippen LogP contribution is -1.83. The van der Waals surface area contributed by atoms with E-state index in [1.165, 1.54) is 0 Å². The lowest BCUT2D eigenvalue weighted by molar-refractivity contribution is 1.14. The number of hydrogen-bond donors (Lipinski definition) is 0. The predicted molar refractivity (Wildman–Crippen MR) is 55.2 cm³/mol. The van der Waals surface area contributed by atoms with Gasteiger partial charge in [0, 0.05) is 18.6 Å². The first kappa shape index (κ1) is 8.56. The fourth-order valence-electron chi connectivity index (χ4n) is 1.03. The van der Waals surface area contributed by atoms with Crippen LogP contribution in [0.4, 0.5) is 0 Å². The van der Waals surface area contributed by atoms with Crippen molar-refractivity contribution < 1.29 is 0 Å². The van der Waals surface area contributed by atoms with Crippen molar-refractivity contribution in [3.63, 3.8) is 0 Å². The van der Waals surface area contributed by atoms with E-state index in [0.717, 1.165) is 5.69 Å². The van der Waals surface area contributed by atoms with Gasteiger partial charge in [0.1, 0.15) is 0 Å². The minimum Gasteiger partial charge on any atom is -0.257 e. The highest BCUT2D eigenvalue weighted by Gasteiger charge is 1.87. The predicted octanol–water partition coefficient (Wildman–Crippen LogP) is 2.04. The first-order chi connectivity index (χ1) is 6.95. The summed E-state index contributed by atoms with van der Waals surface area (Å²) >= 11 is 0. The molecule has 0 atom stereocenters. The van der Waals surface area contributed by atoms with Gasteiger partial charge in [-0.25, -0.2) is 9.97 Å². The molecule has 68 valence electrons. The Bertz CT molecular complexity index is 368. The summed E-state index contributed by atoms with van der Waals surface area (Å²) in [5.41, 5.74) is 0.903. The Hall–Kier alpha value is -2.03. The summed E-state index contributed by atoms with van der Waals surface area (Å²) in [4.78, 5) is 12.3. The molecule has 0 saturated heterocycles. The number of aromatic nitrogens is 3. The van der Waals surface area contributed by atoms with Crippen molar-refractivity contribution in [1.82, 2.24) is 15.0 Å². The Labute approximate surface area is 82.2 Å². The van der Waals surface area contributed by atoms with Gasteiger partial charge < -0.3 is 0 Å². The van der Waals surface area contributed by atoms with Gasteiger partial charge in [0.2, 0.25) is 0 Å². The summed E-state index contributed by atoms with van der Waals surface area (Å²) in [6, 6.07) is 7.55. The van der Waals surface area contributed by atoms with Crippen molar-refractivity contribution in [3.05, 3.63) is 54.4 Å². The maximum Gasteiger partial charge on any atom is 0.151 e. The van der Waals surface area contributed by atoms with Crippen molar-refractivity contribution in [2.75, 3.05) is 0 Å². The van der Waals surface area contributed by atoms with Crippen LogP contribution in [0.3, 0.4) is 0 Å². The zero-order chi connectivity index (χ0) is 9.64. The van der Waals surface area contributed by atoms with Crippen LogP contribution in [-0.2, 0) is 0 Å². The van der Waals surface area contributed by atoms with Crippen LogP contribution in [0.2, 0.25) is 0 Å². The molecule has 0 amide bonds. The first-order valence-corrected chi connectivity index (χ1v) is 4.31. The van der Waals surface area contributed by atoms with Crippen LogP contribution in [-0.4, -0.2) is 15.0 Å². The van der Waals surface area contributed by atoms with E-state index in [4.69, 9.17) is 0 Å². The second kappa shape index (κ2) is 4.28. The van der Waals surface area contributed by atoms with Gasteiger partial charge in [0.05, 0.1) is 5.69 Å². The highest BCUT2D eigenvalue weighted by Crippen LogP contribution is 2.00. The molecule has 2 rings (SSSR count). The fourth-order valence-corrected chi connectivity index (χ4v) is 1.03. The van der Waals surface area contributed by atoms with Gasteiger partial charge in [-0.2, -0.15) is 0 Å². The van der Waals surface area contributed by atoms with Crippen LogP contribution in [0.5, 0.6) is 0 Å². The lowest BCUT2D eigenvalue weighted by Gasteiger charge is -1.90. The third kappa shape index (κ3) is 2.23. The van der Waals surface area contributed by atoms with Gasteiger partial charge in [0.15, 0.2) is 5.82 Å². The largest absolute Gasteiger partial charge is 0.257 e. The van der Waals surface area contributed by atoms with Crippen LogP contribution in [0.25, 0.3) is 12.2 Å². The van der Waals surface area contributed by atoms with Crippen molar-refractivity contribution in [3.8, 4) is 0 Å². The van der Waals surface area contributed by atoms with E-state index in [0.29, 0.717) is 5.82 Å². The molecule has 3 heteroatoms. The second-order valence-electron chi connectivity index (χ2n) is 2.69.